The molecule has 0 spiro atoms. The molecule has 1 N–H and O–H groups in total. The van der Waals surface area contributed by atoms with Gasteiger partial charge in [0.1, 0.15) is 5.78 Å². The summed E-state index contributed by atoms with van der Waals surface area (Å²) in [6.07, 6.45) is 5.49. The fourth-order valence-electron chi connectivity index (χ4n) is 7.61. The van der Waals surface area contributed by atoms with Crippen LogP contribution >= 0.6 is 0 Å². The lowest BCUT2D eigenvalue weighted by Crippen LogP contribution is -2.62. The Morgan fingerprint density at radius 3 is 2.38 bits per heavy atom. The zero-order valence-electron chi connectivity index (χ0n) is 18.0. The Bertz CT molecular complexity index is 558. The van der Waals surface area contributed by atoms with E-state index in [0.29, 0.717) is 24.0 Å². The number of hydrogen-bond acceptors (Lipinski definition) is 3. The van der Waals surface area contributed by atoms with E-state index < -0.39 is 11.5 Å². The number of ether oxygens (including phenoxy) is 1. The zero-order chi connectivity index (χ0) is 19.5. The summed E-state index contributed by atoms with van der Waals surface area (Å²) in [6.45, 7) is 13.3. The first-order valence-electron chi connectivity index (χ1n) is 10.8. The first kappa shape index (κ1) is 20.3. The summed E-state index contributed by atoms with van der Waals surface area (Å²) >= 11 is 0. The highest BCUT2D eigenvalue weighted by atomic mass is 16.5. The molecule has 0 aliphatic heterocycles. The molecule has 0 heterocycles. The summed E-state index contributed by atoms with van der Waals surface area (Å²) in [4.78, 5) is 13.8. The molecule has 0 aromatic rings. The lowest BCUT2D eigenvalue weighted by atomic mass is 9.43. The van der Waals surface area contributed by atoms with Gasteiger partial charge in [0.25, 0.3) is 0 Å². The lowest BCUT2D eigenvalue weighted by Gasteiger charge is -2.61. The van der Waals surface area contributed by atoms with E-state index in [-0.39, 0.29) is 28.8 Å². The van der Waals surface area contributed by atoms with E-state index in [1.54, 1.807) is 0 Å². The van der Waals surface area contributed by atoms with E-state index in [4.69, 9.17) is 4.74 Å². The number of rotatable bonds is 3. The highest BCUT2D eigenvalue weighted by molar-refractivity contribution is 5.87. The third kappa shape index (κ3) is 2.64. The maximum absolute atomic E-state index is 13.8. The first-order chi connectivity index (χ1) is 12.0. The average molecular weight is 365 g/mol. The van der Waals surface area contributed by atoms with Gasteiger partial charge in [0.15, 0.2) is 0 Å². The SMILES string of the molecule is CO[C@@H]1CCC23CC[C@@H](C)[C@](C)(C12)[C@H](O)C[C@@](C)(CC(C)C)C(=O)[C@@H]3C. The molecule has 3 fully saturated rings. The maximum Gasteiger partial charge on any atom is 0.142 e. The van der Waals surface area contributed by atoms with E-state index in [1.165, 1.54) is 0 Å². The van der Waals surface area contributed by atoms with Crippen molar-refractivity contribution in [3.05, 3.63) is 0 Å². The van der Waals surface area contributed by atoms with Crippen LogP contribution in [0.5, 0.6) is 0 Å². The molecule has 150 valence electrons. The fourth-order valence-corrected chi connectivity index (χ4v) is 7.61. The molecule has 3 saturated carbocycles. The number of methoxy groups -OCH3 is 1. The molecular formula is C23H40O3. The van der Waals surface area contributed by atoms with E-state index in [2.05, 4.69) is 41.5 Å². The molecule has 3 aliphatic rings. The van der Waals surface area contributed by atoms with Crippen molar-refractivity contribution in [2.24, 2.45) is 39.9 Å². The summed E-state index contributed by atoms with van der Waals surface area (Å²) in [5.41, 5.74) is -0.601. The van der Waals surface area contributed by atoms with Crippen molar-refractivity contribution in [1.82, 2.24) is 0 Å². The van der Waals surface area contributed by atoms with Gasteiger partial charge in [-0.05, 0) is 61.7 Å². The van der Waals surface area contributed by atoms with Crippen LogP contribution < -0.4 is 0 Å². The van der Waals surface area contributed by atoms with E-state index in [0.717, 1.165) is 32.1 Å². The van der Waals surface area contributed by atoms with Crippen LogP contribution in [0.1, 0.15) is 80.1 Å². The molecule has 0 amide bonds. The van der Waals surface area contributed by atoms with Crippen molar-refractivity contribution in [3.63, 3.8) is 0 Å². The molecule has 2 unspecified atom stereocenters. The molecule has 3 aliphatic carbocycles. The number of hydrogen-bond donors (Lipinski definition) is 1. The van der Waals surface area contributed by atoms with Crippen molar-refractivity contribution in [2.45, 2.75) is 92.3 Å². The van der Waals surface area contributed by atoms with Gasteiger partial charge in [-0.25, -0.2) is 0 Å². The van der Waals surface area contributed by atoms with Crippen LogP contribution in [0, 0.1) is 39.9 Å². The number of aliphatic hydroxyl groups is 1. The number of carbonyl (C=O) groups is 1. The van der Waals surface area contributed by atoms with Gasteiger partial charge in [-0.1, -0.05) is 41.5 Å². The highest BCUT2D eigenvalue weighted by Gasteiger charge is 2.67. The van der Waals surface area contributed by atoms with Gasteiger partial charge in [0.2, 0.25) is 0 Å². The molecule has 3 rings (SSSR count). The molecule has 2 bridgehead atoms. The third-order valence-corrected chi connectivity index (χ3v) is 9.03. The zero-order valence-corrected chi connectivity index (χ0v) is 18.0. The quantitative estimate of drug-likeness (QED) is 0.778. The normalized spacial score (nSPS) is 51.9. The smallest absolute Gasteiger partial charge is 0.142 e. The van der Waals surface area contributed by atoms with Gasteiger partial charge >= 0.3 is 0 Å². The number of Topliss-reactive ketones (excluding diaryl/α,β-unsaturated/α-hetero) is 1. The summed E-state index contributed by atoms with van der Waals surface area (Å²) in [5, 5.41) is 11.6. The van der Waals surface area contributed by atoms with Crippen LogP contribution in [0.3, 0.4) is 0 Å². The maximum atomic E-state index is 13.8. The molecule has 3 nitrogen and oxygen atoms in total. The summed E-state index contributed by atoms with van der Waals surface area (Å²) in [5.74, 6) is 1.63. The molecule has 0 radical (unpaired) electrons. The lowest BCUT2D eigenvalue weighted by molar-refractivity contribution is -0.192. The van der Waals surface area contributed by atoms with Crippen LogP contribution in [-0.4, -0.2) is 30.2 Å². The van der Waals surface area contributed by atoms with Gasteiger partial charge in [-0.15, -0.1) is 0 Å². The van der Waals surface area contributed by atoms with Gasteiger partial charge in [0.05, 0.1) is 12.2 Å². The minimum atomic E-state index is -0.446. The van der Waals surface area contributed by atoms with Crippen molar-refractivity contribution in [3.8, 4) is 0 Å². The average Bonchev–Trinajstić information content (AvgIpc) is 2.96. The van der Waals surface area contributed by atoms with Crippen molar-refractivity contribution < 1.29 is 14.6 Å². The second-order valence-corrected chi connectivity index (χ2v) is 10.8. The molecule has 0 aromatic heterocycles. The Hall–Kier alpha value is -0.410. The first-order valence-corrected chi connectivity index (χ1v) is 10.8. The number of aliphatic hydroxyl groups excluding tert-OH is 1. The van der Waals surface area contributed by atoms with Gasteiger partial charge in [-0.2, -0.15) is 0 Å². The Balaban J connectivity index is 2.15. The minimum absolute atomic E-state index is 0.00133. The molecule has 3 heteroatoms. The van der Waals surface area contributed by atoms with Crippen molar-refractivity contribution >= 4 is 5.78 Å². The minimum Gasteiger partial charge on any atom is -0.393 e. The predicted molar refractivity (Wildman–Crippen MR) is 105 cm³/mol. The Morgan fingerprint density at radius 2 is 1.81 bits per heavy atom. The third-order valence-electron chi connectivity index (χ3n) is 9.03. The Kier molecular flexibility index (Phi) is 5.15. The summed E-state index contributed by atoms with van der Waals surface area (Å²) in [6, 6.07) is 0. The Labute approximate surface area is 160 Å². The molecule has 26 heavy (non-hydrogen) atoms. The van der Waals surface area contributed by atoms with Crippen LogP contribution in [-0.2, 0) is 9.53 Å². The molecule has 0 saturated heterocycles. The highest BCUT2D eigenvalue weighted by Crippen LogP contribution is 2.68. The van der Waals surface area contributed by atoms with Gasteiger partial charge in [0, 0.05) is 23.9 Å². The fraction of sp³-hybridized carbons (Fsp3) is 0.957. The monoisotopic (exact) mass is 364 g/mol. The van der Waals surface area contributed by atoms with Crippen molar-refractivity contribution in [2.75, 3.05) is 7.11 Å². The second kappa shape index (κ2) is 6.58. The molecular weight excluding hydrogens is 324 g/mol. The van der Waals surface area contributed by atoms with Gasteiger partial charge in [-0.3, -0.25) is 4.79 Å². The van der Waals surface area contributed by atoms with Crippen LogP contribution in [0.25, 0.3) is 0 Å². The summed E-state index contributed by atoms with van der Waals surface area (Å²) < 4.78 is 5.95. The standard InChI is InChI=1S/C23H40O3/c1-14(2)12-21(5)13-18(24)22(6)15(3)8-10-23(16(4)20(21)25)11-9-17(26-7)19(22)23/h14-19,24H,8-13H2,1-7H3/t15-,16+,17-,18-,19?,21-,22+,23?/m1/s1. The summed E-state index contributed by atoms with van der Waals surface area (Å²) in [7, 11) is 1.81. The van der Waals surface area contributed by atoms with Gasteiger partial charge < -0.3 is 9.84 Å². The number of carbonyl (C=O) groups excluding carboxylic acids is 1. The molecule has 0 aromatic carbocycles. The largest absolute Gasteiger partial charge is 0.393 e. The van der Waals surface area contributed by atoms with Crippen LogP contribution in [0.15, 0.2) is 0 Å². The number of ketones is 1. The van der Waals surface area contributed by atoms with Crippen LogP contribution in [0.4, 0.5) is 0 Å². The van der Waals surface area contributed by atoms with Crippen molar-refractivity contribution in [1.29, 1.82) is 0 Å². The van der Waals surface area contributed by atoms with Crippen LogP contribution in [0.2, 0.25) is 0 Å². The van der Waals surface area contributed by atoms with E-state index in [1.807, 2.05) is 7.11 Å². The second-order valence-electron chi connectivity index (χ2n) is 10.8. The predicted octanol–water partition coefficient (Wildman–Crippen LogP) is 4.86. The van der Waals surface area contributed by atoms with E-state index >= 15 is 0 Å². The Morgan fingerprint density at radius 1 is 1.19 bits per heavy atom. The molecule has 8 atom stereocenters. The topological polar surface area (TPSA) is 46.5 Å². The van der Waals surface area contributed by atoms with E-state index in [9.17, 15) is 9.90 Å².